The Morgan fingerprint density at radius 1 is 1.73 bits per heavy atom. The van der Waals surface area contributed by atoms with E-state index in [9.17, 15) is 4.79 Å². The molecule has 0 fully saturated rings. The van der Waals surface area contributed by atoms with Gasteiger partial charge in [-0.05, 0) is 6.42 Å². The van der Waals surface area contributed by atoms with Crippen molar-refractivity contribution in [2.75, 3.05) is 7.11 Å². The van der Waals surface area contributed by atoms with Gasteiger partial charge in [-0.3, -0.25) is 4.79 Å². The molecule has 15 heavy (non-hydrogen) atoms. The molecule has 0 bridgehead atoms. The van der Waals surface area contributed by atoms with Crippen LogP contribution in [0.25, 0.3) is 0 Å². The Morgan fingerprint density at radius 3 is 3.00 bits per heavy atom. The summed E-state index contributed by atoms with van der Waals surface area (Å²) in [6, 6.07) is 0. The van der Waals surface area contributed by atoms with Gasteiger partial charge in [0.25, 0.3) is 0 Å². The van der Waals surface area contributed by atoms with Gasteiger partial charge in [-0.1, -0.05) is 17.7 Å². The number of allylic oxidation sites excluding steroid dienone is 1. The molecule has 0 amide bonds. The lowest BCUT2D eigenvalue weighted by Gasteiger charge is -2.02. The standard InChI is InChI=1S/C10H11ClN2O2/c1-3-4-5-7(14)9-10(11)13-8(15-2)6-12-9/h3,6H,1,4-5H2,2H3. The van der Waals surface area contributed by atoms with Crippen LogP contribution in [0, 0.1) is 0 Å². The normalized spacial score (nSPS) is 9.73. The third-order valence-electron chi connectivity index (χ3n) is 1.76. The summed E-state index contributed by atoms with van der Waals surface area (Å²) in [6.07, 6.45) is 3.98. The molecule has 0 spiro atoms. The number of aromatic nitrogens is 2. The van der Waals surface area contributed by atoms with Gasteiger partial charge in [-0.2, -0.15) is 4.98 Å². The average molecular weight is 227 g/mol. The van der Waals surface area contributed by atoms with Crippen molar-refractivity contribution in [2.24, 2.45) is 0 Å². The van der Waals surface area contributed by atoms with Crippen LogP contribution in [0.3, 0.4) is 0 Å². The van der Waals surface area contributed by atoms with E-state index >= 15 is 0 Å². The van der Waals surface area contributed by atoms with Crippen LogP contribution in [0.1, 0.15) is 23.3 Å². The van der Waals surface area contributed by atoms with Gasteiger partial charge < -0.3 is 4.74 Å². The van der Waals surface area contributed by atoms with E-state index in [-0.39, 0.29) is 16.6 Å². The zero-order valence-electron chi connectivity index (χ0n) is 8.36. The molecule has 0 radical (unpaired) electrons. The Hall–Kier alpha value is -1.42. The first kappa shape index (κ1) is 11.7. The fourth-order valence-corrected chi connectivity index (χ4v) is 1.23. The van der Waals surface area contributed by atoms with Crippen molar-refractivity contribution in [3.8, 4) is 5.88 Å². The molecule has 1 heterocycles. The summed E-state index contributed by atoms with van der Waals surface area (Å²) >= 11 is 5.78. The van der Waals surface area contributed by atoms with E-state index in [1.54, 1.807) is 6.08 Å². The van der Waals surface area contributed by atoms with Gasteiger partial charge in [-0.25, -0.2) is 4.98 Å². The predicted octanol–water partition coefficient (Wildman–Crippen LogP) is 2.29. The van der Waals surface area contributed by atoms with Crippen LogP contribution in [0.15, 0.2) is 18.9 Å². The van der Waals surface area contributed by atoms with Gasteiger partial charge in [0.1, 0.15) is 5.69 Å². The summed E-state index contributed by atoms with van der Waals surface area (Å²) in [5.41, 5.74) is 0.180. The highest BCUT2D eigenvalue weighted by Gasteiger charge is 2.13. The van der Waals surface area contributed by atoms with Crippen LogP contribution in [0.4, 0.5) is 0 Å². The molecule has 80 valence electrons. The molecular weight excluding hydrogens is 216 g/mol. The number of hydrogen-bond acceptors (Lipinski definition) is 4. The Labute approximate surface area is 92.9 Å². The second-order valence-corrected chi connectivity index (χ2v) is 3.16. The number of hydrogen-bond donors (Lipinski definition) is 0. The maximum atomic E-state index is 11.5. The van der Waals surface area contributed by atoms with Crippen molar-refractivity contribution in [1.82, 2.24) is 9.97 Å². The number of methoxy groups -OCH3 is 1. The molecule has 0 aromatic carbocycles. The SMILES string of the molecule is C=CCCC(=O)c1ncc(OC)nc1Cl. The van der Waals surface area contributed by atoms with Crippen molar-refractivity contribution in [3.05, 3.63) is 29.7 Å². The Morgan fingerprint density at radius 2 is 2.47 bits per heavy atom. The number of carbonyl (C=O) groups is 1. The summed E-state index contributed by atoms with van der Waals surface area (Å²) < 4.78 is 4.83. The lowest BCUT2D eigenvalue weighted by atomic mass is 10.2. The highest BCUT2D eigenvalue weighted by atomic mass is 35.5. The van der Waals surface area contributed by atoms with Crippen molar-refractivity contribution in [2.45, 2.75) is 12.8 Å². The Bertz CT molecular complexity index is 380. The van der Waals surface area contributed by atoms with Gasteiger partial charge in [0.15, 0.2) is 10.9 Å². The smallest absolute Gasteiger partial charge is 0.233 e. The Kier molecular flexibility index (Phi) is 4.24. The summed E-state index contributed by atoms with van der Waals surface area (Å²) in [6.45, 7) is 3.53. The second-order valence-electron chi connectivity index (χ2n) is 2.80. The fraction of sp³-hybridized carbons (Fsp3) is 0.300. The zero-order valence-corrected chi connectivity index (χ0v) is 9.12. The molecule has 0 N–H and O–H groups in total. The molecule has 5 heteroatoms. The summed E-state index contributed by atoms with van der Waals surface area (Å²) in [4.78, 5) is 19.3. The molecule has 0 aliphatic rings. The molecule has 1 aromatic heterocycles. The quantitative estimate of drug-likeness (QED) is 0.571. The third-order valence-corrected chi connectivity index (χ3v) is 2.02. The van der Waals surface area contributed by atoms with Gasteiger partial charge >= 0.3 is 0 Å². The van der Waals surface area contributed by atoms with E-state index in [1.165, 1.54) is 13.3 Å². The van der Waals surface area contributed by atoms with Crippen LogP contribution in [-0.2, 0) is 0 Å². The first-order chi connectivity index (χ1) is 7.19. The molecular formula is C10H11ClN2O2. The van der Waals surface area contributed by atoms with Gasteiger partial charge in [0.2, 0.25) is 5.88 Å². The first-order valence-electron chi connectivity index (χ1n) is 4.39. The number of halogens is 1. The van der Waals surface area contributed by atoms with Gasteiger partial charge in [-0.15, -0.1) is 6.58 Å². The zero-order chi connectivity index (χ0) is 11.3. The minimum absolute atomic E-state index is 0.0726. The molecule has 0 saturated heterocycles. The van der Waals surface area contributed by atoms with Crippen LogP contribution < -0.4 is 4.74 Å². The second kappa shape index (κ2) is 5.46. The van der Waals surface area contributed by atoms with Crippen LogP contribution in [0.5, 0.6) is 5.88 Å². The minimum Gasteiger partial charge on any atom is -0.480 e. The predicted molar refractivity (Wildman–Crippen MR) is 57.4 cm³/mol. The van der Waals surface area contributed by atoms with E-state index in [2.05, 4.69) is 16.5 Å². The number of nitrogens with zero attached hydrogens (tertiary/aromatic N) is 2. The van der Waals surface area contributed by atoms with Crippen LogP contribution >= 0.6 is 11.6 Å². The van der Waals surface area contributed by atoms with E-state index in [1.807, 2.05) is 0 Å². The summed E-state index contributed by atoms with van der Waals surface area (Å²) in [5, 5.41) is 0.0726. The maximum Gasteiger partial charge on any atom is 0.233 e. The largest absolute Gasteiger partial charge is 0.480 e. The highest BCUT2D eigenvalue weighted by molar-refractivity contribution is 6.32. The summed E-state index contributed by atoms with van der Waals surface area (Å²) in [5.74, 6) is 0.148. The van der Waals surface area contributed by atoms with Crippen molar-refractivity contribution >= 4 is 17.4 Å². The van der Waals surface area contributed by atoms with E-state index in [0.717, 1.165) is 0 Å². The maximum absolute atomic E-state index is 11.5. The Balaban J connectivity index is 2.85. The third kappa shape index (κ3) is 3.02. The summed E-state index contributed by atoms with van der Waals surface area (Å²) in [7, 11) is 1.46. The number of carbonyl (C=O) groups excluding carboxylic acids is 1. The average Bonchev–Trinajstić information content (AvgIpc) is 2.25. The number of Topliss-reactive ketones (excluding diaryl/α,β-unsaturated/α-hetero) is 1. The number of ketones is 1. The van der Waals surface area contributed by atoms with E-state index in [4.69, 9.17) is 16.3 Å². The lowest BCUT2D eigenvalue weighted by Crippen LogP contribution is -2.04. The van der Waals surface area contributed by atoms with Gasteiger partial charge in [0, 0.05) is 6.42 Å². The van der Waals surface area contributed by atoms with Crippen molar-refractivity contribution in [1.29, 1.82) is 0 Å². The van der Waals surface area contributed by atoms with E-state index < -0.39 is 0 Å². The number of rotatable bonds is 5. The molecule has 0 aliphatic heterocycles. The van der Waals surface area contributed by atoms with Crippen LogP contribution in [-0.4, -0.2) is 22.9 Å². The monoisotopic (exact) mass is 226 g/mol. The van der Waals surface area contributed by atoms with Crippen molar-refractivity contribution < 1.29 is 9.53 Å². The molecule has 0 unspecified atom stereocenters. The highest BCUT2D eigenvalue weighted by Crippen LogP contribution is 2.16. The molecule has 0 saturated carbocycles. The fourth-order valence-electron chi connectivity index (χ4n) is 0.989. The molecule has 4 nitrogen and oxygen atoms in total. The molecule has 1 aromatic rings. The molecule has 0 aliphatic carbocycles. The first-order valence-corrected chi connectivity index (χ1v) is 4.77. The van der Waals surface area contributed by atoms with Crippen LogP contribution in [0.2, 0.25) is 5.15 Å². The minimum atomic E-state index is -0.143. The van der Waals surface area contributed by atoms with E-state index in [0.29, 0.717) is 18.7 Å². The topological polar surface area (TPSA) is 52.1 Å². The van der Waals surface area contributed by atoms with Gasteiger partial charge in [0.05, 0.1) is 13.3 Å². The molecule has 0 atom stereocenters. The lowest BCUT2D eigenvalue weighted by molar-refractivity contribution is 0.0978. The molecule has 1 rings (SSSR count). The number of ether oxygens (including phenoxy) is 1. The van der Waals surface area contributed by atoms with Crippen molar-refractivity contribution in [3.63, 3.8) is 0 Å².